The van der Waals surface area contributed by atoms with Crippen LogP contribution in [0.15, 0.2) is 11.6 Å². The van der Waals surface area contributed by atoms with Crippen molar-refractivity contribution < 1.29 is 9.53 Å². The van der Waals surface area contributed by atoms with Crippen LogP contribution in [-0.4, -0.2) is 11.6 Å². The lowest BCUT2D eigenvalue weighted by Crippen LogP contribution is -2.38. The van der Waals surface area contributed by atoms with Gasteiger partial charge in [-0.25, -0.2) is 0 Å². The summed E-state index contributed by atoms with van der Waals surface area (Å²) < 4.78 is 5.61. The number of rotatable bonds is 3. The van der Waals surface area contributed by atoms with E-state index in [-0.39, 0.29) is 17.5 Å². The largest absolute Gasteiger partial charge is 0.459 e. The van der Waals surface area contributed by atoms with Gasteiger partial charge >= 0.3 is 5.97 Å². The number of ether oxygens (including phenoxy) is 1. The second-order valence-electron chi connectivity index (χ2n) is 5.70. The Labute approximate surface area is 99.1 Å². The Morgan fingerprint density at radius 3 is 2.56 bits per heavy atom. The van der Waals surface area contributed by atoms with E-state index in [1.807, 2.05) is 27.7 Å². The maximum absolute atomic E-state index is 11.6. The molecule has 0 aromatic carbocycles. The molecule has 0 heterocycles. The van der Waals surface area contributed by atoms with Gasteiger partial charge in [0.2, 0.25) is 0 Å². The molecule has 0 saturated heterocycles. The zero-order valence-electron chi connectivity index (χ0n) is 11.2. The minimum absolute atomic E-state index is 0.0415. The number of carbonyl (C=O) groups is 1. The van der Waals surface area contributed by atoms with E-state index < -0.39 is 0 Å². The highest BCUT2D eigenvalue weighted by atomic mass is 16.6. The molecule has 1 aliphatic carbocycles. The molecular formula is C14H24O2. The predicted molar refractivity (Wildman–Crippen MR) is 66.1 cm³/mol. The quantitative estimate of drug-likeness (QED) is 0.539. The normalized spacial score (nSPS) is 21.9. The number of allylic oxidation sites excluding steroid dienone is 2. The second kappa shape index (κ2) is 5.03. The van der Waals surface area contributed by atoms with E-state index in [1.54, 1.807) is 0 Å². The van der Waals surface area contributed by atoms with Crippen molar-refractivity contribution in [2.75, 3.05) is 0 Å². The van der Waals surface area contributed by atoms with Crippen molar-refractivity contribution in [3.63, 3.8) is 0 Å². The summed E-state index contributed by atoms with van der Waals surface area (Å²) in [6.45, 7) is 9.99. The molecule has 2 nitrogen and oxygen atoms in total. The molecule has 0 radical (unpaired) electrons. The fourth-order valence-electron chi connectivity index (χ4n) is 2.06. The zero-order chi connectivity index (χ0) is 12.3. The van der Waals surface area contributed by atoms with Gasteiger partial charge in [-0.2, -0.15) is 0 Å². The van der Waals surface area contributed by atoms with Crippen LogP contribution in [0.2, 0.25) is 0 Å². The summed E-state index contributed by atoms with van der Waals surface area (Å²) in [5.41, 5.74) is 1.13. The molecule has 0 unspecified atom stereocenters. The number of hydrogen-bond donors (Lipinski definition) is 0. The van der Waals surface area contributed by atoms with Crippen LogP contribution in [0.3, 0.4) is 0 Å². The molecule has 2 heteroatoms. The van der Waals surface area contributed by atoms with E-state index in [4.69, 9.17) is 4.74 Å². The summed E-state index contributed by atoms with van der Waals surface area (Å²) in [7, 11) is 0. The lowest BCUT2D eigenvalue weighted by Gasteiger charge is -2.36. The summed E-state index contributed by atoms with van der Waals surface area (Å²) in [5.74, 6) is 0.329. The molecule has 1 atom stereocenters. The predicted octanol–water partition coefficient (Wildman–Crippen LogP) is 3.71. The SMILES string of the molecule is CC1=CC[C@H](C(C)(C)OC(=O)C(C)C)CC1. The molecule has 0 amide bonds. The summed E-state index contributed by atoms with van der Waals surface area (Å²) >= 11 is 0. The summed E-state index contributed by atoms with van der Waals surface area (Å²) in [6, 6.07) is 0. The third-order valence-electron chi connectivity index (χ3n) is 3.46. The number of esters is 1. The van der Waals surface area contributed by atoms with Crippen molar-refractivity contribution in [1.82, 2.24) is 0 Å². The Kier molecular flexibility index (Phi) is 4.17. The van der Waals surface area contributed by atoms with E-state index >= 15 is 0 Å². The minimum atomic E-state index is -0.335. The van der Waals surface area contributed by atoms with Crippen molar-refractivity contribution in [3.05, 3.63) is 11.6 Å². The Morgan fingerprint density at radius 1 is 1.50 bits per heavy atom. The minimum Gasteiger partial charge on any atom is -0.459 e. The summed E-state index contributed by atoms with van der Waals surface area (Å²) in [4.78, 5) is 11.6. The maximum Gasteiger partial charge on any atom is 0.308 e. The van der Waals surface area contributed by atoms with Crippen LogP contribution in [0.4, 0.5) is 0 Å². The van der Waals surface area contributed by atoms with Crippen LogP contribution >= 0.6 is 0 Å². The second-order valence-corrected chi connectivity index (χ2v) is 5.70. The molecule has 0 bridgehead atoms. The van der Waals surface area contributed by atoms with Crippen LogP contribution in [-0.2, 0) is 9.53 Å². The lowest BCUT2D eigenvalue weighted by atomic mass is 9.79. The highest BCUT2D eigenvalue weighted by Crippen LogP contribution is 2.34. The molecule has 0 fully saturated rings. The molecule has 1 rings (SSSR count). The fraction of sp³-hybridized carbons (Fsp3) is 0.786. The van der Waals surface area contributed by atoms with Gasteiger partial charge in [0.25, 0.3) is 0 Å². The first-order valence-electron chi connectivity index (χ1n) is 6.21. The van der Waals surface area contributed by atoms with Crippen molar-refractivity contribution >= 4 is 5.97 Å². The Morgan fingerprint density at radius 2 is 2.12 bits per heavy atom. The van der Waals surface area contributed by atoms with Crippen molar-refractivity contribution in [2.24, 2.45) is 11.8 Å². The first kappa shape index (κ1) is 13.3. The van der Waals surface area contributed by atoms with Crippen LogP contribution in [0.5, 0.6) is 0 Å². The van der Waals surface area contributed by atoms with E-state index in [2.05, 4.69) is 13.0 Å². The molecule has 16 heavy (non-hydrogen) atoms. The monoisotopic (exact) mass is 224 g/mol. The third kappa shape index (κ3) is 3.36. The van der Waals surface area contributed by atoms with Gasteiger partial charge in [-0.3, -0.25) is 4.79 Å². The van der Waals surface area contributed by atoms with Gasteiger partial charge in [0.05, 0.1) is 5.92 Å². The standard InChI is InChI=1S/C14H24O2/c1-10(2)13(15)16-14(4,5)12-8-6-11(3)7-9-12/h6,10,12H,7-9H2,1-5H3/t12-/m0/s1. The van der Waals surface area contributed by atoms with E-state index in [9.17, 15) is 4.79 Å². The zero-order valence-corrected chi connectivity index (χ0v) is 11.2. The molecule has 1 aliphatic rings. The van der Waals surface area contributed by atoms with Crippen LogP contribution in [0.25, 0.3) is 0 Å². The Bertz CT molecular complexity index is 287. The van der Waals surface area contributed by atoms with Crippen LogP contribution in [0, 0.1) is 11.8 Å². The highest BCUT2D eigenvalue weighted by Gasteiger charge is 2.34. The average molecular weight is 224 g/mol. The average Bonchev–Trinajstić information content (AvgIpc) is 2.17. The van der Waals surface area contributed by atoms with Crippen molar-refractivity contribution in [2.45, 2.75) is 59.5 Å². The van der Waals surface area contributed by atoms with E-state index in [0.717, 1.165) is 19.3 Å². The Balaban J connectivity index is 2.60. The highest BCUT2D eigenvalue weighted by molar-refractivity contribution is 5.72. The van der Waals surface area contributed by atoms with Crippen molar-refractivity contribution in [1.29, 1.82) is 0 Å². The molecule has 0 N–H and O–H groups in total. The maximum atomic E-state index is 11.6. The summed E-state index contributed by atoms with van der Waals surface area (Å²) in [5, 5.41) is 0. The molecule has 0 spiro atoms. The number of hydrogen-bond acceptors (Lipinski definition) is 2. The molecule has 92 valence electrons. The topological polar surface area (TPSA) is 26.3 Å². The fourth-order valence-corrected chi connectivity index (χ4v) is 2.06. The Hall–Kier alpha value is -0.790. The molecule has 0 aliphatic heterocycles. The lowest BCUT2D eigenvalue weighted by molar-refractivity contribution is -0.166. The van der Waals surface area contributed by atoms with E-state index in [1.165, 1.54) is 5.57 Å². The van der Waals surface area contributed by atoms with Gasteiger partial charge in [-0.1, -0.05) is 25.5 Å². The van der Waals surface area contributed by atoms with Gasteiger partial charge in [-0.05, 0) is 40.0 Å². The number of carbonyl (C=O) groups excluding carboxylic acids is 1. The first-order chi connectivity index (χ1) is 7.33. The van der Waals surface area contributed by atoms with Gasteiger partial charge in [-0.15, -0.1) is 0 Å². The van der Waals surface area contributed by atoms with Gasteiger partial charge in [0, 0.05) is 5.92 Å². The van der Waals surface area contributed by atoms with Gasteiger partial charge < -0.3 is 4.74 Å². The first-order valence-corrected chi connectivity index (χ1v) is 6.21. The molecule has 0 aromatic heterocycles. The molecular weight excluding hydrogens is 200 g/mol. The van der Waals surface area contributed by atoms with Crippen molar-refractivity contribution in [3.8, 4) is 0 Å². The van der Waals surface area contributed by atoms with Crippen LogP contribution < -0.4 is 0 Å². The third-order valence-corrected chi connectivity index (χ3v) is 3.46. The summed E-state index contributed by atoms with van der Waals surface area (Å²) in [6.07, 6.45) is 5.57. The van der Waals surface area contributed by atoms with E-state index in [0.29, 0.717) is 5.92 Å². The smallest absolute Gasteiger partial charge is 0.308 e. The molecule has 0 saturated carbocycles. The molecule has 0 aromatic rings. The van der Waals surface area contributed by atoms with Gasteiger partial charge in [0.15, 0.2) is 0 Å². The van der Waals surface area contributed by atoms with Crippen LogP contribution in [0.1, 0.15) is 53.9 Å². The van der Waals surface area contributed by atoms with Gasteiger partial charge in [0.1, 0.15) is 5.60 Å².